The van der Waals surface area contributed by atoms with Crippen LogP contribution in [0.15, 0.2) is 66.4 Å². The average molecular weight is 385 g/mol. The Hall–Kier alpha value is -4.10. The minimum absolute atomic E-state index is 0.0366. The Kier molecular flexibility index (Phi) is 6.24. The molecule has 1 aliphatic rings. The Morgan fingerprint density at radius 2 is 1.38 bits per heavy atom. The van der Waals surface area contributed by atoms with Crippen molar-refractivity contribution in [3.05, 3.63) is 77.5 Å². The molecule has 0 atom stereocenters. The van der Waals surface area contributed by atoms with Crippen molar-refractivity contribution in [2.45, 2.75) is 0 Å². The van der Waals surface area contributed by atoms with Gasteiger partial charge in [0.1, 0.15) is 17.7 Å². The summed E-state index contributed by atoms with van der Waals surface area (Å²) in [5.41, 5.74) is 1.52. The van der Waals surface area contributed by atoms with Crippen LogP contribution in [0.2, 0.25) is 0 Å². The molecule has 0 unspecified atom stereocenters. The monoisotopic (exact) mass is 385 g/mol. The SMILES string of the molecule is N#CC(C#N)=CNc1ccccc1C(=O)N1CCN(C(=O)c2ccccc2)CC1. The van der Waals surface area contributed by atoms with E-state index in [-0.39, 0.29) is 17.4 Å². The molecule has 0 radical (unpaired) electrons. The Labute approximate surface area is 169 Å². The lowest BCUT2D eigenvalue weighted by Crippen LogP contribution is -2.50. The van der Waals surface area contributed by atoms with Gasteiger partial charge < -0.3 is 15.1 Å². The van der Waals surface area contributed by atoms with Gasteiger partial charge in [-0.05, 0) is 24.3 Å². The first-order valence-electron chi connectivity index (χ1n) is 9.13. The fraction of sp³-hybridized carbons (Fsp3) is 0.182. The molecule has 0 spiro atoms. The Morgan fingerprint density at radius 3 is 2.00 bits per heavy atom. The smallest absolute Gasteiger partial charge is 0.256 e. The maximum absolute atomic E-state index is 13.0. The number of nitrogens with one attached hydrogen (secondary N) is 1. The van der Waals surface area contributed by atoms with Crippen LogP contribution < -0.4 is 5.32 Å². The standard InChI is InChI=1S/C22H19N5O2/c23-14-17(15-24)16-25-20-9-5-4-8-19(20)22(29)27-12-10-26(11-13-27)21(28)18-6-2-1-3-7-18/h1-9,16,25H,10-13H2. The van der Waals surface area contributed by atoms with Gasteiger partial charge >= 0.3 is 0 Å². The third kappa shape index (κ3) is 4.60. The third-order valence-electron chi connectivity index (χ3n) is 4.65. The summed E-state index contributed by atoms with van der Waals surface area (Å²) < 4.78 is 0. The van der Waals surface area contributed by atoms with E-state index in [2.05, 4.69) is 5.32 Å². The third-order valence-corrected chi connectivity index (χ3v) is 4.65. The molecule has 1 N–H and O–H groups in total. The lowest BCUT2D eigenvalue weighted by molar-refractivity contribution is 0.0536. The summed E-state index contributed by atoms with van der Waals surface area (Å²) in [6.45, 7) is 1.79. The van der Waals surface area contributed by atoms with Crippen molar-refractivity contribution < 1.29 is 9.59 Å². The zero-order valence-corrected chi connectivity index (χ0v) is 15.7. The van der Waals surface area contributed by atoms with Crippen molar-refractivity contribution in [3.8, 4) is 12.1 Å². The van der Waals surface area contributed by atoms with Gasteiger partial charge in [-0.2, -0.15) is 10.5 Å². The molecule has 2 aromatic rings. The topological polar surface area (TPSA) is 100 Å². The highest BCUT2D eigenvalue weighted by atomic mass is 16.2. The number of hydrogen-bond donors (Lipinski definition) is 1. The van der Waals surface area contributed by atoms with Crippen LogP contribution >= 0.6 is 0 Å². The second kappa shape index (κ2) is 9.20. The molecule has 1 saturated heterocycles. The number of para-hydroxylation sites is 1. The summed E-state index contributed by atoms with van der Waals surface area (Å²) in [6.07, 6.45) is 1.28. The molecule has 3 rings (SSSR count). The summed E-state index contributed by atoms with van der Waals surface area (Å²) in [7, 11) is 0. The first kappa shape index (κ1) is 19.7. The molecule has 0 bridgehead atoms. The molecule has 1 fully saturated rings. The molecular formula is C22H19N5O2. The van der Waals surface area contributed by atoms with E-state index in [1.54, 1.807) is 58.3 Å². The summed E-state index contributed by atoms with van der Waals surface area (Å²) >= 11 is 0. The second-order valence-corrected chi connectivity index (χ2v) is 6.42. The molecule has 1 aliphatic heterocycles. The molecule has 7 heteroatoms. The molecule has 0 saturated carbocycles. The number of rotatable bonds is 4. The molecule has 2 amide bonds. The summed E-state index contributed by atoms with van der Waals surface area (Å²) in [5.74, 6) is -0.200. The van der Waals surface area contributed by atoms with Crippen LogP contribution in [0.3, 0.4) is 0 Å². The van der Waals surface area contributed by atoms with Crippen LogP contribution in [0.1, 0.15) is 20.7 Å². The van der Waals surface area contributed by atoms with Crippen molar-refractivity contribution in [3.63, 3.8) is 0 Å². The fourth-order valence-corrected chi connectivity index (χ4v) is 3.08. The molecule has 1 heterocycles. The van der Waals surface area contributed by atoms with E-state index in [1.165, 1.54) is 6.20 Å². The number of carbonyl (C=O) groups excluding carboxylic acids is 2. The predicted octanol–water partition coefficient (Wildman–Crippen LogP) is 2.63. The van der Waals surface area contributed by atoms with Crippen molar-refractivity contribution in [1.82, 2.24) is 9.80 Å². The maximum atomic E-state index is 13.0. The van der Waals surface area contributed by atoms with Gasteiger partial charge in [-0.3, -0.25) is 9.59 Å². The Bertz CT molecular complexity index is 993. The van der Waals surface area contributed by atoms with Crippen LogP contribution in [-0.4, -0.2) is 47.8 Å². The zero-order chi connectivity index (χ0) is 20.6. The van der Waals surface area contributed by atoms with Crippen molar-refractivity contribution in [2.75, 3.05) is 31.5 Å². The second-order valence-electron chi connectivity index (χ2n) is 6.42. The fourth-order valence-electron chi connectivity index (χ4n) is 3.08. The molecule has 2 aromatic carbocycles. The van der Waals surface area contributed by atoms with E-state index >= 15 is 0 Å². The molecule has 0 aromatic heterocycles. The van der Waals surface area contributed by atoms with Crippen LogP contribution in [0.4, 0.5) is 5.69 Å². The first-order chi connectivity index (χ1) is 14.1. The summed E-state index contributed by atoms with van der Waals surface area (Å²) in [4.78, 5) is 29.0. The highest BCUT2D eigenvalue weighted by Crippen LogP contribution is 2.19. The van der Waals surface area contributed by atoms with Gasteiger partial charge in [0.15, 0.2) is 0 Å². The van der Waals surface area contributed by atoms with Gasteiger partial charge in [-0.1, -0.05) is 30.3 Å². The number of amides is 2. The van der Waals surface area contributed by atoms with E-state index in [0.717, 1.165) is 0 Å². The van der Waals surface area contributed by atoms with Crippen molar-refractivity contribution in [2.24, 2.45) is 0 Å². The van der Waals surface area contributed by atoms with E-state index in [0.29, 0.717) is 43.0 Å². The average Bonchev–Trinajstić information content (AvgIpc) is 2.80. The normalized spacial score (nSPS) is 13.0. The van der Waals surface area contributed by atoms with Gasteiger partial charge in [-0.15, -0.1) is 0 Å². The minimum Gasteiger partial charge on any atom is -0.359 e. The van der Waals surface area contributed by atoms with Crippen LogP contribution in [-0.2, 0) is 0 Å². The van der Waals surface area contributed by atoms with E-state index in [4.69, 9.17) is 10.5 Å². The highest BCUT2D eigenvalue weighted by molar-refractivity contribution is 6.00. The summed E-state index contributed by atoms with van der Waals surface area (Å²) in [5, 5.41) is 20.6. The highest BCUT2D eigenvalue weighted by Gasteiger charge is 2.26. The quantitative estimate of drug-likeness (QED) is 0.816. The predicted molar refractivity (Wildman–Crippen MR) is 108 cm³/mol. The maximum Gasteiger partial charge on any atom is 0.256 e. The first-order valence-corrected chi connectivity index (χ1v) is 9.13. The van der Waals surface area contributed by atoms with E-state index in [9.17, 15) is 9.59 Å². The molecule has 0 aliphatic carbocycles. The van der Waals surface area contributed by atoms with Gasteiger partial charge in [0.2, 0.25) is 0 Å². The Balaban J connectivity index is 1.67. The lowest BCUT2D eigenvalue weighted by Gasteiger charge is -2.35. The number of anilines is 1. The van der Waals surface area contributed by atoms with Crippen molar-refractivity contribution >= 4 is 17.5 Å². The van der Waals surface area contributed by atoms with E-state index < -0.39 is 0 Å². The van der Waals surface area contributed by atoms with Crippen LogP contribution in [0, 0.1) is 22.7 Å². The van der Waals surface area contributed by atoms with Crippen LogP contribution in [0.5, 0.6) is 0 Å². The van der Waals surface area contributed by atoms with Gasteiger partial charge in [-0.25, -0.2) is 0 Å². The van der Waals surface area contributed by atoms with Gasteiger partial charge in [0.05, 0.1) is 11.3 Å². The van der Waals surface area contributed by atoms with E-state index in [1.807, 2.05) is 18.2 Å². The number of carbonyl (C=O) groups is 2. The zero-order valence-electron chi connectivity index (χ0n) is 15.7. The minimum atomic E-state index is -0.163. The molecule has 7 nitrogen and oxygen atoms in total. The number of piperazine rings is 1. The largest absolute Gasteiger partial charge is 0.359 e. The van der Waals surface area contributed by atoms with Gasteiger partial charge in [0, 0.05) is 37.9 Å². The number of nitriles is 2. The molecular weight excluding hydrogens is 366 g/mol. The van der Waals surface area contributed by atoms with Crippen molar-refractivity contribution in [1.29, 1.82) is 10.5 Å². The number of hydrogen-bond acceptors (Lipinski definition) is 5. The Morgan fingerprint density at radius 1 is 0.828 bits per heavy atom. The van der Waals surface area contributed by atoms with Gasteiger partial charge in [0.25, 0.3) is 11.8 Å². The van der Waals surface area contributed by atoms with Crippen LogP contribution in [0.25, 0.3) is 0 Å². The molecule has 144 valence electrons. The number of benzene rings is 2. The number of nitrogens with zero attached hydrogens (tertiary/aromatic N) is 4. The molecule has 29 heavy (non-hydrogen) atoms. The summed E-state index contributed by atoms with van der Waals surface area (Å²) in [6, 6.07) is 19.6. The lowest BCUT2D eigenvalue weighted by atomic mass is 10.1. The number of allylic oxidation sites excluding steroid dienone is 1.